The number of aromatic nitrogens is 2. The van der Waals surface area contributed by atoms with Crippen molar-refractivity contribution in [3.8, 4) is 11.6 Å². The molecule has 1 amide bonds. The fourth-order valence-corrected chi connectivity index (χ4v) is 3.49. The van der Waals surface area contributed by atoms with E-state index in [0.717, 1.165) is 17.7 Å². The van der Waals surface area contributed by atoms with Crippen LogP contribution in [0, 0.1) is 0 Å². The third-order valence-corrected chi connectivity index (χ3v) is 5.20. The number of halogens is 3. The molecule has 0 spiro atoms. The lowest BCUT2D eigenvalue weighted by Crippen LogP contribution is -2.18. The van der Waals surface area contributed by atoms with E-state index >= 15 is 0 Å². The maximum absolute atomic E-state index is 13.5. The maximum Gasteiger partial charge on any atom is 0.416 e. The Kier molecular flexibility index (Phi) is 7.35. The summed E-state index contributed by atoms with van der Waals surface area (Å²) in [5.74, 6) is 0.0894. The minimum absolute atomic E-state index is 0.00166. The predicted molar refractivity (Wildman–Crippen MR) is 122 cm³/mol. The second kappa shape index (κ2) is 10.6. The van der Waals surface area contributed by atoms with Gasteiger partial charge in [0.05, 0.1) is 31.5 Å². The van der Waals surface area contributed by atoms with E-state index in [1.807, 2.05) is 0 Å². The predicted octanol–water partition coefficient (Wildman–Crippen LogP) is 4.54. The summed E-state index contributed by atoms with van der Waals surface area (Å²) < 4.78 is 56.4. The molecule has 184 valence electrons. The van der Waals surface area contributed by atoms with Gasteiger partial charge in [-0.2, -0.15) is 13.2 Å². The number of pyridine rings is 2. The number of nitrogens with zero attached hydrogens (tertiary/aromatic N) is 2. The van der Waals surface area contributed by atoms with Gasteiger partial charge in [0.25, 0.3) is 5.91 Å². The van der Waals surface area contributed by atoms with Crippen LogP contribution in [0.5, 0.6) is 11.6 Å². The molecule has 3 aromatic rings. The van der Waals surface area contributed by atoms with Crippen LogP contribution in [0.3, 0.4) is 0 Å². The normalized spacial score (nSPS) is 15.5. The smallest absolute Gasteiger partial charge is 0.416 e. The summed E-state index contributed by atoms with van der Waals surface area (Å²) >= 11 is 0. The fraction of sp³-hybridized carbons (Fsp3) is 0.292. The molecule has 0 radical (unpaired) electrons. The number of carbonyl (C=O) groups excluding carboxylic acids is 1. The summed E-state index contributed by atoms with van der Waals surface area (Å²) in [5.41, 5.74) is 0.0230. The van der Waals surface area contributed by atoms with Gasteiger partial charge in [-0.05, 0) is 35.9 Å². The second-order valence-corrected chi connectivity index (χ2v) is 7.76. The number of alkyl halides is 3. The number of benzene rings is 1. The zero-order valence-electron chi connectivity index (χ0n) is 18.8. The van der Waals surface area contributed by atoms with Crippen molar-refractivity contribution in [1.29, 1.82) is 0 Å². The number of carbonyl (C=O) groups is 1. The highest BCUT2D eigenvalue weighted by atomic mass is 19.4. The fourth-order valence-electron chi connectivity index (χ4n) is 3.49. The van der Waals surface area contributed by atoms with Gasteiger partial charge in [-0.25, -0.2) is 9.97 Å². The van der Waals surface area contributed by atoms with Gasteiger partial charge in [-0.1, -0.05) is 0 Å². The molecular formula is C24H23F3N4O4. The Morgan fingerprint density at radius 1 is 1.17 bits per heavy atom. The molecule has 1 aliphatic rings. The van der Waals surface area contributed by atoms with Crippen LogP contribution in [0.4, 0.5) is 24.7 Å². The average Bonchev–Trinajstić information content (AvgIpc) is 3.35. The highest BCUT2D eigenvalue weighted by Crippen LogP contribution is 2.35. The number of methoxy groups -OCH3 is 1. The minimum Gasteiger partial charge on any atom is -0.488 e. The molecule has 35 heavy (non-hydrogen) atoms. The van der Waals surface area contributed by atoms with Crippen LogP contribution in [0.25, 0.3) is 0 Å². The van der Waals surface area contributed by atoms with Crippen LogP contribution in [0.15, 0.2) is 54.9 Å². The van der Waals surface area contributed by atoms with Crippen molar-refractivity contribution in [2.75, 3.05) is 31.0 Å². The Hall–Kier alpha value is -3.86. The molecular weight excluding hydrogens is 465 g/mol. The van der Waals surface area contributed by atoms with E-state index in [4.69, 9.17) is 14.2 Å². The van der Waals surface area contributed by atoms with Crippen molar-refractivity contribution in [2.24, 2.45) is 0 Å². The Morgan fingerprint density at radius 2 is 2.03 bits per heavy atom. The summed E-state index contributed by atoms with van der Waals surface area (Å²) in [7, 11) is 1.51. The maximum atomic E-state index is 13.5. The summed E-state index contributed by atoms with van der Waals surface area (Å²) in [6, 6.07) is 9.73. The monoisotopic (exact) mass is 488 g/mol. The standard InChI is InChI=1S/C24H23F3N4O4/c1-33-21-9-15(4-7-28-21)13-30-22-20(3-2-6-29-22)23(32)31-17-10-16(24(25,26)27)11-19(12-17)35-18-5-8-34-14-18/h2-4,6-7,9-12,18H,5,8,13-14H2,1H3,(H,29,30)(H,31,32)/t18-/m1/s1. The molecule has 0 aliphatic carbocycles. The Balaban J connectivity index is 1.53. The van der Waals surface area contributed by atoms with E-state index in [9.17, 15) is 18.0 Å². The highest BCUT2D eigenvalue weighted by molar-refractivity contribution is 6.07. The van der Waals surface area contributed by atoms with Gasteiger partial charge in [0, 0.05) is 43.2 Å². The molecule has 1 atom stereocenters. The van der Waals surface area contributed by atoms with Crippen LogP contribution < -0.4 is 20.1 Å². The van der Waals surface area contributed by atoms with Crippen molar-refractivity contribution in [1.82, 2.24) is 9.97 Å². The van der Waals surface area contributed by atoms with Crippen molar-refractivity contribution in [3.05, 3.63) is 71.5 Å². The van der Waals surface area contributed by atoms with E-state index in [-0.39, 0.29) is 28.9 Å². The molecule has 8 nitrogen and oxygen atoms in total. The first kappa shape index (κ1) is 24.3. The van der Waals surface area contributed by atoms with Crippen molar-refractivity contribution in [3.63, 3.8) is 0 Å². The third kappa shape index (κ3) is 6.38. The van der Waals surface area contributed by atoms with Gasteiger partial charge in [-0.15, -0.1) is 0 Å². The molecule has 4 rings (SSSR count). The van der Waals surface area contributed by atoms with E-state index < -0.39 is 17.6 Å². The highest BCUT2D eigenvalue weighted by Gasteiger charge is 2.32. The van der Waals surface area contributed by atoms with Crippen LogP contribution >= 0.6 is 0 Å². The zero-order valence-corrected chi connectivity index (χ0v) is 18.8. The van der Waals surface area contributed by atoms with Gasteiger partial charge in [0.15, 0.2) is 0 Å². The minimum atomic E-state index is -4.61. The lowest BCUT2D eigenvalue weighted by Gasteiger charge is -2.17. The Bertz CT molecular complexity index is 1180. The number of nitrogens with one attached hydrogen (secondary N) is 2. The first-order valence-electron chi connectivity index (χ1n) is 10.8. The molecule has 1 aliphatic heterocycles. The zero-order chi connectivity index (χ0) is 24.8. The molecule has 0 saturated carbocycles. The quantitative estimate of drug-likeness (QED) is 0.481. The molecule has 1 aromatic carbocycles. The molecule has 2 N–H and O–H groups in total. The topological polar surface area (TPSA) is 94.6 Å². The average molecular weight is 488 g/mol. The van der Waals surface area contributed by atoms with Gasteiger partial charge >= 0.3 is 6.18 Å². The number of hydrogen-bond donors (Lipinski definition) is 2. The van der Waals surface area contributed by atoms with Gasteiger partial charge in [0.2, 0.25) is 5.88 Å². The number of anilines is 2. The lowest BCUT2D eigenvalue weighted by atomic mass is 10.1. The van der Waals surface area contributed by atoms with Crippen molar-refractivity contribution >= 4 is 17.4 Å². The van der Waals surface area contributed by atoms with Crippen LogP contribution in [-0.4, -0.2) is 42.3 Å². The van der Waals surface area contributed by atoms with Crippen LogP contribution in [-0.2, 0) is 17.5 Å². The lowest BCUT2D eigenvalue weighted by molar-refractivity contribution is -0.137. The molecule has 3 heterocycles. The van der Waals surface area contributed by atoms with Crippen molar-refractivity contribution < 1.29 is 32.2 Å². The molecule has 0 bridgehead atoms. The summed E-state index contributed by atoms with van der Waals surface area (Å²) in [4.78, 5) is 21.2. The number of amides is 1. The molecule has 1 saturated heterocycles. The van der Waals surface area contributed by atoms with Gasteiger partial charge in [0.1, 0.15) is 17.7 Å². The van der Waals surface area contributed by atoms with E-state index in [1.54, 1.807) is 24.4 Å². The Labute approximate surface area is 199 Å². The van der Waals surface area contributed by atoms with Crippen molar-refractivity contribution in [2.45, 2.75) is 25.2 Å². The number of ether oxygens (including phenoxy) is 3. The Morgan fingerprint density at radius 3 is 2.77 bits per heavy atom. The molecule has 0 unspecified atom stereocenters. The summed E-state index contributed by atoms with van der Waals surface area (Å²) in [6.07, 6.45) is -1.29. The van der Waals surface area contributed by atoms with Gasteiger partial charge in [-0.3, -0.25) is 4.79 Å². The molecule has 11 heteroatoms. The third-order valence-electron chi connectivity index (χ3n) is 5.20. The first-order valence-corrected chi connectivity index (χ1v) is 10.8. The molecule has 2 aromatic heterocycles. The van der Waals surface area contributed by atoms with Crippen LogP contribution in [0.1, 0.15) is 27.9 Å². The van der Waals surface area contributed by atoms with Gasteiger partial charge < -0.3 is 24.8 Å². The molecule has 1 fully saturated rings. The SMILES string of the molecule is COc1cc(CNc2ncccc2C(=O)Nc2cc(O[C@@H]3CCOC3)cc(C(F)(F)F)c2)ccn1. The second-order valence-electron chi connectivity index (χ2n) is 7.76. The largest absolute Gasteiger partial charge is 0.488 e. The van der Waals surface area contributed by atoms with E-state index in [2.05, 4.69) is 20.6 Å². The van der Waals surface area contributed by atoms with E-state index in [0.29, 0.717) is 32.1 Å². The number of rotatable bonds is 8. The van der Waals surface area contributed by atoms with Crippen LogP contribution in [0.2, 0.25) is 0 Å². The van der Waals surface area contributed by atoms with E-state index in [1.165, 1.54) is 25.4 Å². The first-order chi connectivity index (χ1) is 16.8. The summed E-state index contributed by atoms with van der Waals surface area (Å²) in [5, 5.41) is 5.60. The summed E-state index contributed by atoms with van der Waals surface area (Å²) in [6.45, 7) is 1.10. The number of hydrogen-bond acceptors (Lipinski definition) is 7.